The summed E-state index contributed by atoms with van der Waals surface area (Å²) >= 11 is 0. The van der Waals surface area contributed by atoms with Crippen LogP contribution >= 0.6 is 0 Å². The van der Waals surface area contributed by atoms with Crippen molar-refractivity contribution in [1.82, 2.24) is 15.1 Å². The SMILES string of the molecule is O=C1C2CCCN2C(=O)CN1CCC1CNC1. The monoisotopic (exact) mass is 237 g/mol. The topological polar surface area (TPSA) is 52.7 Å². The van der Waals surface area contributed by atoms with Gasteiger partial charge in [-0.15, -0.1) is 0 Å². The molecule has 1 unspecified atom stereocenters. The zero-order valence-corrected chi connectivity index (χ0v) is 10.0. The van der Waals surface area contributed by atoms with E-state index < -0.39 is 0 Å². The van der Waals surface area contributed by atoms with E-state index >= 15 is 0 Å². The van der Waals surface area contributed by atoms with E-state index in [1.54, 1.807) is 9.80 Å². The van der Waals surface area contributed by atoms with Crippen LogP contribution in [0.4, 0.5) is 0 Å². The van der Waals surface area contributed by atoms with Crippen molar-refractivity contribution < 1.29 is 9.59 Å². The van der Waals surface area contributed by atoms with E-state index in [1.165, 1.54) is 0 Å². The molecule has 0 bridgehead atoms. The number of hydrogen-bond acceptors (Lipinski definition) is 3. The van der Waals surface area contributed by atoms with Gasteiger partial charge in [0.25, 0.3) is 0 Å². The number of carbonyl (C=O) groups excluding carboxylic acids is 2. The zero-order chi connectivity index (χ0) is 11.8. The van der Waals surface area contributed by atoms with E-state index in [4.69, 9.17) is 0 Å². The van der Waals surface area contributed by atoms with Gasteiger partial charge in [0, 0.05) is 13.1 Å². The van der Waals surface area contributed by atoms with Crippen molar-refractivity contribution in [3.05, 3.63) is 0 Å². The van der Waals surface area contributed by atoms with E-state index in [2.05, 4.69) is 5.32 Å². The molecule has 2 amide bonds. The first-order valence-electron chi connectivity index (χ1n) is 6.54. The fourth-order valence-electron chi connectivity index (χ4n) is 2.94. The van der Waals surface area contributed by atoms with Gasteiger partial charge in [-0.3, -0.25) is 9.59 Å². The maximum atomic E-state index is 12.2. The van der Waals surface area contributed by atoms with Gasteiger partial charge >= 0.3 is 0 Å². The summed E-state index contributed by atoms with van der Waals surface area (Å²) in [4.78, 5) is 27.6. The van der Waals surface area contributed by atoms with Gasteiger partial charge in [-0.2, -0.15) is 0 Å². The molecule has 0 aromatic carbocycles. The van der Waals surface area contributed by atoms with Gasteiger partial charge in [-0.25, -0.2) is 0 Å². The third-order valence-electron chi connectivity index (χ3n) is 4.17. The Bertz CT molecular complexity index is 341. The van der Waals surface area contributed by atoms with Crippen LogP contribution in [-0.4, -0.2) is 60.4 Å². The van der Waals surface area contributed by atoms with Gasteiger partial charge in [0.2, 0.25) is 11.8 Å². The maximum Gasteiger partial charge on any atom is 0.245 e. The Morgan fingerprint density at radius 1 is 1.29 bits per heavy atom. The minimum atomic E-state index is -0.143. The van der Waals surface area contributed by atoms with Crippen molar-refractivity contribution in [3.8, 4) is 0 Å². The van der Waals surface area contributed by atoms with Crippen molar-refractivity contribution in [2.75, 3.05) is 32.7 Å². The Balaban J connectivity index is 1.60. The third kappa shape index (κ3) is 1.92. The van der Waals surface area contributed by atoms with Crippen LogP contribution in [0.1, 0.15) is 19.3 Å². The van der Waals surface area contributed by atoms with Gasteiger partial charge < -0.3 is 15.1 Å². The first-order valence-corrected chi connectivity index (χ1v) is 6.54. The lowest BCUT2D eigenvalue weighted by atomic mass is 9.98. The summed E-state index contributed by atoms with van der Waals surface area (Å²) in [5.74, 6) is 1.01. The molecule has 3 fully saturated rings. The van der Waals surface area contributed by atoms with Crippen LogP contribution in [0.3, 0.4) is 0 Å². The minimum absolute atomic E-state index is 0.138. The van der Waals surface area contributed by atoms with E-state index in [1.807, 2.05) is 0 Å². The predicted molar refractivity (Wildman–Crippen MR) is 62.3 cm³/mol. The molecule has 0 radical (unpaired) electrons. The van der Waals surface area contributed by atoms with Crippen molar-refractivity contribution in [1.29, 1.82) is 0 Å². The van der Waals surface area contributed by atoms with Crippen LogP contribution in [0.2, 0.25) is 0 Å². The molecular weight excluding hydrogens is 218 g/mol. The number of nitrogens with one attached hydrogen (secondary N) is 1. The fourth-order valence-corrected chi connectivity index (χ4v) is 2.94. The molecule has 1 atom stereocenters. The summed E-state index contributed by atoms with van der Waals surface area (Å²) in [6.07, 6.45) is 2.85. The van der Waals surface area contributed by atoms with E-state index in [0.29, 0.717) is 12.5 Å². The fraction of sp³-hybridized carbons (Fsp3) is 0.833. The largest absolute Gasteiger partial charge is 0.332 e. The Kier molecular flexibility index (Phi) is 2.78. The lowest BCUT2D eigenvalue weighted by Crippen LogP contribution is -2.58. The standard InChI is InChI=1S/C12H19N3O2/c16-11-8-14(5-3-9-6-13-7-9)12(17)10-2-1-4-15(10)11/h9-10,13H,1-8H2. The van der Waals surface area contributed by atoms with Gasteiger partial charge in [0.15, 0.2) is 0 Å². The molecular formula is C12H19N3O2. The first kappa shape index (κ1) is 11.0. The molecule has 0 aliphatic carbocycles. The van der Waals surface area contributed by atoms with Crippen LogP contribution in [-0.2, 0) is 9.59 Å². The van der Waals surface area contributed by atoms with Crippen LogP contribution in [0.25, 0.3) is 0 Å². The average molecular weight is 237 g/mol. The number of amides is 2. The minimum Gasteiger partial charge on any atom is -0.332 e. The summed E-state index contributed by atoms with van der Waals surface area (Å²) in [5, 5.41) is 3.23. The Hall–Kier alpha value is -1.10. The van der Waals surface area contributed by atoms with Gasteiger partial charge in [0.1, 0.15) is 6.04 Å². The number of rotatable bonds is 3. The number of nitrogens with zero attached hydrogens (tertiary/aromatic N) is 2. The van der Waals surface area contributed by atoms with Crippen LogP contribution < -0.4 is 5.32 Å². The first-order chi connectivity index (χ1) is 8.25. The molecule has 1 N–H and O–H groups in total. The highest BCUT2D eigenvalue weighted by Crippen LogP contribution is 2.24. The average Bonchev–Trinajstić information content (AvgIpc) is 2.72. The number of piperazine rings is 1. The third-order valence-corrected chi connectivity index (χ3v) is 4.17. The molecule has 0 spiro atoms. The molecule has 3 rings (SSSR count). The van der Waals surface area contributed by atoms with E-state index in [-0.39, 0.29) is 17.9 Å². The molecule has 17 heavy (non-hydrogen) atoms. The molecule has 0 aromatic heterocycles. The highest BCUT2D eigenvalue weighted by atomic mass is 16.2. The van der Waals surface area contributed by atoms with Crippen LogP contribution in [0, 0.1) is 5.92 Å². The van der Waals surface area contributed by atoms with Gasteiger partial charge in [-0.1, -0.05) is 0 Å². The number of hydrogen-bond donors (Lipinski definition) is 1. The highest BCUT2D eigenvalue weighted by Gasteiger charge is 2.41. The molecule has 5 heteroatoms. The molecule has 0 aromatic rings. The summed E-state index contributed by atoms with van der Waals surface area (Å²) in [5.41, 5.74) is 0. The summed E-state index contributed by atoms with van der Waals surface area (Å²) in [6, 6.07) is -0.143. The number of carbonyl (C=O) groups is 2. The van der Waals surface area contributed by atoms with Crippen molar-refractivity contribution in [2.24, 2.45) is 5.92 Å². The summed E-state index contributed by atoms with van der Waals surface area (Å²) in [7, 11) is 0. The normalized spacial score (nSPS) is 29.5. The van der Waals surface area contributed by atoms with E-state index in [0.717, 1.165) is 45.4 Å². The van der Waals surface area contributed by atoms with Gasteiger partial charge in [-0.05, 0) is 38.3 Å². The van der Waals surface area contributed by atoms with Crippen molar-refractivity contribution in [3.63, 3.8) is 0 Å². The maximum absolute atomic E-state index is 12.2. The van der Waals surface area contributed by atoms with Crippen LogP contribution in [0.5, 0.6) is 0 Å². The Morgan fingerprint density at radius 3 is 2.82 bits per heavy atom. The second kappa shape index (κ2) is 4.29. The summed E-state index contributed by atoms with van der Waals surface area (Å²) in [6.45, 7) is 3.95. The molecule has 0 saturated carbocycles. The van der Waals surface area contributed by atoms with E-state index in [9.17, 15) is 9.59 Å². The molecule has 3 aliphatic heterocycles. The molecule has 94 valence electrons. The molecule has 3 aliphatic rings. The number of fused-ring (bicyclic) bond motifs is 1. The second-order valence-electron chi connectivity index (χ2n) is 5.32. The van der Waals surface area contributed by atoms with Gasteiger partial charge in [0.05, 0.1) is 6.54 Å². The molecule has 3 heterocycles. The Morgan fingerprint density at radius 2 is 2.12 bits per heavy atom. The Labute approximate surface area is 101 Å². The van der Waals surface area contributed by atoms with Crippen LogP contribution in [0.15, 0.2) is 0 Å². The van der Waals surface area contributed by atoms with Crippen molar-refractivity contribution in [2.45, 2.75) is 25.3 Å². The predicted octanol–water partition coefficient (Wildman–Crippen LogP) is -0.571. The molecule has 5 nitrogen and oxygen atoms in total. The lowest BCUT2D eigenvalue weighted by molar-refractivity contribution is -0.153. The lowest BCUT2D eigenvalue weighted by Gasteiger charge is -2.37. The smallest absolute Gasteiger partial charge is 0.245 e. The quantitative estimate of drug-likeness (QED) is 0.715. The molecule has 3 saturated heterocycles. The second-order valence-corrected chi connectivity index (χ2v) is 5.32. The zero-order valence-electron chi connectivity index (χ0n) is 10.0. The summed E-state index contributed by atoms with van der Waals surface area (Å²) < 4.78 is 0. The highest BCUT2D eigenvalue weighted by molar-refractivity contribution is 5.95. The van der Waals surface area contributed by atoms with Crippen molar-refractivity contribution >= 4 is 11.8 Å².